The van der Waals surface area contributed by atoms with Crippen molar-refractivity contribution in [1.82, 2.24) is 5.32 Å². The number of anilines is 1. The maximum Gasteiger partial charge on any atom is 0.416 e. The number of rotatable bonds is 10. The van der Waals surface area contributed by atoms with Gasteiger partial charge in [-0.2, -0.15) is 13.2 Å². The van der Waals surface area contributed by atoms with E-state index in [9.17, 15) is 22.8 Å². The Balaban J connectivity index is 1.43. The van der Waals surface area contributed by atoms with Gasteiger partial charge in [0.15, 0.2) is 12.2 Å². The second kappa shape index (κ2) is 12.5. The van der Waals surface area contributed by atoms with Crippen LogP contribution in [0.5, 0.6) is 0 Å². The van der Waals surface area contributed by atoms with Gasteiger partial charge in [0, 0.05) is 30.7 Å². The monoisotopic (exact) mass is 546 g/mol. The number of halogens is 3. The maximum atomic E-state index is 13.3. The molecule has 2 unspecified atom stereocenters. The minimum atomic E-state index is -4.46. The third-order valence-electron chi connectivity index (χ3n) is 7.21. The van der Waals surface area contributed by atoms with Crippen LogP contribution in [0, 0.1) is 0 Å². The number of aromatic amines is 1. The number of quaternary nitrogens is 3. The van der Waals surface area contributed by atoms with Crippen molar-refractivity contribution >= 4 is 28.4 Å². The summed E-state index contributed by atoms with van der Waals surface area (Å²) in [6.07, 6.45) is -0.263. The van der Waals surface area contributed by atoms with E-state index in [1.165, 1.54) is 17.0 Å². The fourth-order valence-electron chi connectivity index (χ4n) is 4.96. The number of hydrogen-bond donors (Lipinski definition) is 5. The van der Waals surface area contributed by atoms with Crippen LogP contribution in [-0.4, -0.2) is 49.6 Å². The van der Waals surface area contributed by atoms with Crippen LogP contribution in [0.2, 0.25) is 0 Å². The van der Waals surface area contributed by atoms with Gasteiger partial charge in [0.2, 0.25) is 11.4 Å². The molecule has 2 aromatic carbocycles. The highest BCUT2D eigenvalue weighted by Crippen LogP contribution is 2.29. The highest BCUT2D eigenvalue weighted by molar-refractivity contribution is 5.98. The number of hydrogen-bond acceptors (Lipinski definition) is 2. The number of carbonyl (C=O) groups is 2. The molecule has 8 nitrogen and oxygen atoms in total. The van der Waals surface area contributed by atoms with Crippen LogP contribution in [0.1, 0.15) is 30.4 Å². The van der Waals surface area contributed by atoms with Crippen LogP contribution >= 0.6 is 0 Å². The Kier molecular flexibility index (Phi) is 9.16. The molecular formula is C28H37F3N6O2+4. The Morgan fingerprint density at radius 1 is 1.10 bits per heavy atom. The van der Waals surface area contributed by atoms with E-state index in [1.807, 2.05) is 30.3 Å². The predicted octanol–water partition coefficient (Wildman–Crippen LogP) is -0.371. The average molecular weight is 547 g/mol. The number of alkyl halides is 3. The number of H-pyrrole nitrogens is 1. The van der Waals surface area contributed by atoms with E-state index in [2.05, 4.69) is 27.1 Å². The van der Waals surface area contributed by atoms with E-state index in [0.717, 1.165) is 55.5 Å². The number of para-hydroxylation sites is 1. The fourth-order valence-corrected chi connectivity index (χ4v) is 4.96. The normalized spacial score (nSPS) is 19.0. The number of carbonyl (C=O) groups excluding carboxylic acids is 2. The smallest absolute Gasteiger partial charge is 0.350 e. The zero-order valence-corrected chi connectivity index (χ0v) is 21.8. The first-order valence-electron chi connectivity index (χ1n) is 13.3. The predicted molar refractivity (Wildman–Crippen MR) is 139 cm³/mol. The van der Waals surface area contributed by atoms with Gasteiger partial charge in [0.25, 0.3) is 5.91 Å². The molecule has 0 radical (unpaired) electrons. The molecule has 1 fully saturated rings. The molecule has 4 atom stereocenters. The van der Waals surface area contributed by atoms with Gasteiger partial charge in [-0.15, -0.1) is 0 Å². The van der Waals surface area contributed by atoms with Crippen molar-refractivity contribution in [1.29, 1.82) is 0 Å². The molecule has 0 aliphatic carbocycles. The van der Waals surface area contributed by atoms with Crippen LogP contribution in [0.25, 0.3) is 10.9 Å². The van der Waals surface area contributed by atoms with Gasteiger partial charge in [-0.05, 0) is 29.8 Å². The first kappa shape index (κ1) is 28.5. The van der Waals surface area contributed by atoms with Crippen LogP contribution < -0.4 is 32.0 Å². The van der Waals surface area contributed by atoms with E-state index in [0.29, 0.717) is 23.7 Å². The van der Waals surface area contributed by atoms with Crippen LogP contribution in [-0.2, 0) is 22.2 Å². The number of pyridine rings is 1. The molecule has 3 aromatic rings. The van der Waals surface area contributed by atoms with Gasteiger partial charge in [0.1, 0.15) is 24.3 Å². The molecule has 0 spiro atoms. The van der Waals surface area contributed by atoms with E-state index >= 15 is 0 Å². The summed E-state index contributed by atoms with van der Waals surface area (Å²) in [6.45, 7) is 3.07. The molecule has 1 aromatic heterocycles. The highest BCUT2D eigenvalue weighted by atomic mass is 19.4. The van der Waals surface area contributed by atoms with Crippen molar-refractivity contribution < 1.29 is 44.1 Å². The second-order valence-corrected chi connectivity index (χ2v) is 10.4. The molecular weight excluding hydrogens is 509 g/mol. The third-order valence-corrected chi connectivity index (χ3v) is 7.21. The summed E-state index contributed by atoms with van der Waals surface area (Å²) in [5.74, 6) is -0.833. The molecule has 10 N–H and O–H groups in total. The molecule has 2 heterocycles. The lowest BCUT2D eigenvalue weighted by atomic mass is 10.0. The van der Waals surface area contributed by atoms with E-state index in [-0.39, 0.29) is 12.3 Å². The standard InChI is InChI=1S/C28H33F3N6O2/c29-28(30,31)20-9-7-18(8-10-20)14-25(27(39)35-22-15-19-4-1-2-6-24(19)34-16-22)36-26(38)23(33)5-3-12-37-13-11-21(32)17-37/h1-2,4,6-10,15-16,21,23,25H,3,5,11-14,17,32-33H2,(H,35,39)(H,36,38)/p+4/t21?,23-,25+/m0/s1. The summed E-state index contributed by atoms with van der Waals surface area (Å²) in [5, 5.41) is 6.50. The lowest BCUT2D eigenvalue weighted by Crippen LogP contribution is -3.11. The minimum Gasteiger partial charge on any atom is -0.350 e. The molecule has 1 aliphatic heterocycles. The van der Waals surface area contributed by atoms with Gasteiger partial charge in [-0.1, -0.05) is 24.3 Å². The van der Waals surface area contributed by atoms with Crippen molar-refractivity contribution in [2.45, 2.75) is 50.0 Å². The number of likely N-dealkylation sites (tertiary alicyclic amines) is 1. The van der Waals surface area contributed by atoms with E-state index in [4.69, 9.17) is 0 Å². The Hall–Kier alpha value is -3.54. The number of fused-ring (bicyclic) bond motifs is 1. The lowest BCUT2D eigenvalue weighted by molar-refractivity contribution is -0.892. The molecule has 208 valence electrons. The first-order valence-corrected chi connectivity index (χ1v) is 13.3. The minimum absolute atomic E-state index is 0.0303. The summed E-state index contributed by atoms with van der Waals surface area (Å²) >= 11 is 0. The average Bonchev–Trinajstić information content (AvgIpc) is 3.32. The first-order chi connectivity index (χ1) is 18.6. The molecule has 4 rings (SSSR count). The highest BCUT2D eigenvalue weighted by Gasteiger charge is 2.31. The number of benzene rings is 2. The van der Waals surface area contributed by atoms with Crippen molar-refractivity contribution in [2.75, 3.05) is 25.0 Å². The quantitative estimate of drug-likeness (QED) is 0.238. The molecule has 11 heteroatoms. The summed E-state index contributed by atoms with van der Waals surface area (Å²) < 4.78 is 39.0. The summed E-state index contributed by atoms with van der Waals surface area (Å²) in [7, 11) is 0. The van der Waals surface area contributed by atoms with Crippen molar-refractivity contribution in [3.63, 3.8) is 0 Å². The molecule has 1 saturated heterocycles. The zero-order valence-electron chi connectivity index (χ0n) is 21.8. The fraction of sp³-hybridized carbons (Fsp3) is 0.393. The molecule has 0 saturated carbocycles. The van der Waals surface area contributed by atoms with E-state index in [1.54, 1.807) is 6.20 Å². The second-order valence-electron chi connectivity index (χ2n) is 10.4. The topological polar surface area (TPSA) is 132 Å². The zero-order chi connectivity index (χ0) is 28.0. The van der Waals surface area contributed by atoms with Gasteiger partial charge < -0.3 is 27.0 Å². The van der Waals surface area contributed by atoms with Crippen molar-refractivity contribution in [3.8, 4) is 0 Å². The molecule has 2 amide bonds. The third kappa shape index (κ3) is 7.98. The lowest BCUT2D eigenvalue weighted by Gasteiger charge is -2.20. The van der Waals surface area contributed by atoms with Crippen molar-refractivity contribution in [2.24, 2.45) is 0 Å². The summed E-state index contributed by atoms with van der Waals surface area (Å²) in [4.78, 5) is 30.9. The van der Waals surface area contributed by atoms with Crippen LogP contribution in [0.3, 0.4) is 0 Å². The van der Waals surface area contributed by atoms with Crippen molar-refractivity contribution in [3.05, 3.63) is 71.9 Å². The molecule has 1 aliphatic rings. The maximum absolute atomic E-state index is 13.3. The van der Waals surface area contributed by atoms with Crippen LogP contribution in [0.4, 0.5) is 18.9 Å². The molecule has 0 bridgehead atoms. The van der Waals surface area contributed by atoms with Gasteiger partial charge >= 0.3 is 6.18 Å². The Bertz CT molecular complexity index is 1280. The number of aromatic nitrogens is 1. The number of nitrogens with one attached hydrogen (secondary N) is 4. The largest absolute Gasteiger partial charge is 0.416 e. The van der Waals surface area contributed by atoms with E-state index < -0.39 is 29.7 Å². The summed E-state index contributed by atoms with van der Waals surface area (Å²) in [6, 6.07) is 12.9. The van der Waals surface area contributed by atoms with Gasteiger partial charge in [0.05, 0.1) is 25.1 Å². The Morgan fingerprint density at radius 3 is 2.54 bits per heavy atom. The van der Waals surface area contributed by atoms with Crippen LogP contribution in [0.15, 0.2) is 60.8 Å². The van der Waals surface area contributed by atoms with Gasteiger partial charge in [-0.25, -0.2) is 4.98 Å². The Morgan fingerprint density at radius 2 is 1.85 bits per heavy atom. The molecule has 39 heavy (non-hydrogen) atoms. The summed E-state index contributed by atoms with van der Waals surface area (Å²) in [5.41, 5.74) is 9.24. The number of amides is 2. The Labute approximate surface area is 224 Å². The SMILES string of the molecule is [NH3+]C1CC[NH+](CCC[C@H]([NH3+])C(=O)N[C@H](Cc2ccc(C(F)(F)F)cc2)C(=O)Nc2c[nH+]c3ccccc3c2)C1. The van der Waals surface area contributed by atoms with Gasteiger partial charge in [-0.3, -0.25) is 9.59 Å².